The summed E-state index contributed by atoms with van der Waals surface area (Å²) >= 11 is 1.40. The van der Waals surface area contributed by atoms with Crippen LogP contribution in [0.2, 0.25) is 0 Å². The predicted octanol–water partition coefficient (Wildman–Crippen LogP) is 4.08. The number of aromatic nitrogens is 2. The van der Waals surface area contributed by atoms with E-state index in [1.54, 1.807) is 0 Å². The zero-order chi connectivity index (χ0) is 20.2. The van der Waals surface area contributed by atoms with E-state index in [4.69, 9.17) is 14.0 Å². The number of hydrogen-bond acceptors (Lipinski definition) is 7. The van der Waals surface area contributed by atoms with E-state index in [0.29, 0.717) is 24.0 Å². The lowest BCUT2D eigenvalue weighted by molar-refractivity contribution is 0.179. The van der Waals surface area contributed by atoms with Crippen molar-refractivity contribution in [2.75, 3.05) is 13.2 Å². The first kappa shape index (κ1) is 19.6. The Morgan fingerprint density at radius 3 is 2.86 bits per heavy atom. The summed E-state index contributed by atoms with van der Waals surface area (Å²) in [6.45, 7) is 4.97. The molecule has 1 aliphatic rings. The van der Waals surface area contributed by atoms with E-state index in [-0.39, 0.29) is 6.04 Å². The van der Waals surface area contributed by atoms with E-state index in [9.17, 15) is 4.79 Å². The van der Waals surface area contributed by atoms with E-state index < -0.39 is 6.09 Å². The molecule has 0 unspecified atom stereocenters. The number of aryl methyl sites for hydroxylation is 3. The minimum Gasteiger partial charge on any atom is -0.397 e. The SMILES string of the molecule is Cc1nc(CCc2c(-c3ccccc3)noc2C)sc1OC(=O)N[C@H]1CCOC1. The van der Waals surface area contributed by atoms with Gasteiger partial charge in [-0.3, -0.25) is 0 Å². The molecule has 0 aliphatic carbocycles. The molecule has 0 spiro atoms. The van der Waals surface area contributed by atoms with Crippen molar-refractivity contribution in [2.24, 2.45) is 0 Å². The van der Waals surface area contributed by atoms with Crippen LogP contribution in [0, 0.1) is 13.8 Å². The summed E-state index contributed by atoms with van der Waals surface area (Å²) < 4.78 is 16.2. The van der Waals surface area contributed by atoms with E-state index in [1.807, 2.05) is 44.2 Å². The second-order valence-corrected chi connectivity index (χ2v) is 8.05. The number of ether oxygens (including phenoxy) is 2. The number of nitrogens with zero attached hydrogens (tertiary/aromatic N) is 2. The lowest BCUT2D eigenvalue weighted by atomic mass is 10.0. The Kier molecular flexibility index (Phi) is 5.92. The summed E-state index contributed by atoms with van der Waals surface area (Å²) in [7, 11) is 0. The summed E-state index contributed by atoms with van der Waals surface area (Å²) in [5.41, 5.74) is 3.69. The normalized spacial score (nSPS) is 16.1. The van der Waals surface area contributed by atoms with Crippen molar-refractivity contribution >= 4 is 17.4 Å². The van der Waals surface area contributed by atoms with E-state index >= 15 is 0 Å². The minimum atomic E-state index is -0.458. The van der Waals surface area contributed by atoms with Crippen LogP contribution in [-0.4, -0.2) is 35.5 Å². The molecular formula is C21H23N3O4S. The Morgan fingerprint density at radius 1 is 1.28 bits per heavy atom. The predicted molar refractivity (Wildman–Crippen MR) is 109 cm³/mol. The van der Waals surface area contributed by atoms with Crippen LogP contribution in [0.15, 0.2) is 34.9 Å². The fourth-order valence-corrected chi connectivity index (χ4v) is 4.22. The molecule has 1 amide bonds. The summed E-state index contributed by atoms with van der Waals surface area (Å²) in [5, 5.41) is 8.49. The van der Waals surface area contributed by atoms with Gasteiger partial charge in [0, 0.05) is 24.2 Å². The molecule has 1 fully saturated rings. The van der Waals surface area contributed by atoms with Gasteiger partial charge in [-0.1, -0.05) is 46.8 Å². The first-order valence-electron chi connectivity index (χ1n) is 9.63. The Labute approximate surface area is 173 Å². The number of amides is 1. The molecule has 0 radical (unpaired) electrons. The number of nitrogens with one attached hydrogen (secondary N) is 1. The number of rotatable bonds is 6. The van der Waals surface area contributed by atoms with Crippen LogP contribution < -0.4 is 10.1 Å². The number of carbonyl (C=O) groups is 1. The zero-order valence-electron chi connectivity index (χ0n) is 16.4. The Balaban J connectivity index is 1.40. The Bertz CT molecular complexity index is 977. The molecule has 3 aromatic rings. The molecule has 152 valence electrons. The van der Waals surface area contributed by atoms with E-state index in [1.165, 1.54) is 11.3 Å². The fourth-order valence-electron chi connectivity index (χ4n) is 3.31. The molecule has 1 saturated heterocycles. The van der Waals surface area contributed by atoms with Crippen LogP contribution in [0.5, 0.6) is 5.06 Å². The van der Waals surface area contributed by atoms with Gasteiger partial charge in [0.25, 0.3) is 0 Å². The van der Waals surface area contributed by atoms with Crippen LogP contribution in [-0.2, 0) is 17.6 Å². The summed E-state index contributed by atoms with van der Waals surface area (Å²) in [6.07, 6.45) is 1.82. The molecule has 7 nitrogen and oxygen atoms in total. The number of hydrogen-bond donors (Lipinski definition) is 1. The van der Waals surface area contributed by atoms with Gasteiger partial charge in [0.2, 0.25) is 5.06 Å². The molecule has 8 heteroatoms. The van der Waals surface area contributed by atoms with E-state index in [0.717, 1.165) is 46.9 Å². The maximum absolute atomic E-state index is 12.1. The van der Waals surface area contributed by atoms with Crippen LogP contribution in [0.1, 0.15) is 28.4 Å². The molecule has 1 aliphatic heterocycles. The zero-order valence-corrected chi connectivity index (χ0v) is 17.3. The van der Waals surface area contributed by atoms with Crippen molar-refractivity contribution in [1.29, 1.82) is 0 Å². The molecule has 0 bridgehead atoms. The smallest absolute Gasteiger partial charge is 0.397 e. The maximum atomic E-state index is 12.1. The largest absolute Gasteiger partial charge is 0.413 e. The number of thiazole rings is 1. The summed E-state index contributed by atoms with van der Waals surface area (Å²) in [6, 6.07) is 10.0. The molecule has 1 N–H and O–H groups in total. The van der Waals surface area contributed by atoms with Gasteiger partial charge in [-0.25, -0.2) is 9.78 Å². The van der Waals surface area contributed by atoms with Gasteiger partial charge in [-0.2, -0.15) is 0 Å². The first-order chi connectivity index (χ1) is 14.1. The minimum absolute atomic E-state index is 0.0168. The number of carbonyl (C=O) groups excluding carboxylic acids is 1. The van der Waals surface area contributed by atoms with E-state index in [2.05, 4.69) is 15.5 Å². The molecule has 3 heterocycles. The fraction of sp³-hybridized carbons (Fsp3) is 0.381. The first-order valence-corrected chi connectivity index (χ1v) is 10.4. The highest BCUT2D eigenvalue weighted by Gasteiger charge is 2.21. The summed E-state index contributed by atoms with van der Waals surface area (Å²) in [4.78, 5) is 16.7. The van der Waals surface area contributed by atoms with Gasteiger partial charge in [0.05, 0.1) is 23.4 Å². The van der Waals surface area contributed by atoms with Crippen molar-refractivity contribution in [3.05, 3.63) is 52.4 Å². The maximum Gasteiger partial charge on any atom is 0.413 e. The second-order valence-electron chi connectivity index (χ2n) is 7.01. The third-order valence-corrected chi connectivity index (χ3v) is 5.95. The molecule has 1 aromatic carbocycles. The highest BCUT2D eigenvalue weighted by molar-refractivity contribution is 7.13. The monoisotopic (exact) mass is 413 g/mol. The van der Waals surface area contributed by atoms with Gasteiger partial charge in [-0.15, -0.1) is 0 Å². The van der Waals surface area contributed by atoms with Crippen molar-refractivity contribution in [3.63, 3.8) is 0 Å². The quantitative estimate of drug-likeness (QED) is 0.655. The van der Waals surface area contributed by atoms with Gasteiger partial charge in [-0.05, 0) is 26.7 Å². The molecule has 2 aromatic heterocycles. The van der Waals surface area contributed by atoms with Crippen LogP contribution in [0.3, 0.4) is 0 Å². The average Bonchev–Trinajstić information content (AvgIpc) is 3.43. The number of benzene rings is 1. The second kappa shape index (κ2) is 8.75. The highest BCUT2D eigenvalue weighted by atomic mass is 32.1. The summed E-state index contributed by atoms with van der Waals surface area (Å²) in [5.74, 6) is 0.812. The van der Waals surface area contributed by atoms with Gasteiger partial charge in [0.1, 0.15) is 11.5 Å². The van der Waals surface area contributed by atoms with Crippen molar-refractivity contribution in [1.82, 2.24) is 15.5 Å². The van der Waals surface area contributed by atoms with Gasteiger partial charge < -0.3 is 19.3 Å². The van der Waals surface area contributed by atoms with Crippen LogP contribution in [0.25, 0.3) is 11.3 Å². The third-order valence-electron chi connectivity index (χ3n) is 4.86. The lowest BCUT2D eigenvalue weighted by Gasteiger charge is -2.09. The highest BCUT2D eigenvalue weighted by Crippen LogP contribution is 2.30. The molecule has 1 atom stereocenters. The average molecular weight is 413 g/mol. The lowest BCUT2D eigenvalue weighted by Crippen LogP contribution is -2.37. The molecule has 0 saturated carbocycles. The molecule has 29 heavy (non-hydrogen) atoms. The van der Waals surface area contributed by atoms with Gasteiger partial charge in [0.15, 0.2) is 0 Å². The van der Waals surface area contributed by atoms with Crippen molar-refractivity contribution in [3.8, 4) is 16.3 Å². The van der Waals surface area contributed by atoms with Crippen LogP contribution >= 0.6 is 11.3 Å². The van der Waals surface area contributed by atoms with Crippen LogP contribution in [0.4, 0.5) is 4.79 Å². The van der Waals surface area contributed by atoms with Gasteiger partial charge >= 0.3 is 6.09 Å². The molecule has 4 rings (SSSR count). The Hall–Kier alpha value is -2.71. The van der Waals surface area contributed by atoms with Crippen molar-refractivity contribution in [2.45, 2.75) is 39.2 Å². The third kappa shape index (κ3) is 4.65. The molecular weight excluding hydrogens is 390 g/mol. The topological polar surface area (TPSA) is 86.5 Å². The Morgan fingerprint density at radius 2 is 2.10 bits per heavy atom. The standard InChI is InChI=1S/C21H23N3O4S/c1-13-20(27-21(25)23-16-10-11-26-12-16)29-18(22-13)9-8-17-14(2)28-24-19(17)15-6-4-3-5-7-15/h3-7,16H,8-12H2,1-2H3,(H,23,25)/t16-/m0/s1. The van der Waals surface area contributed by atoms with Crippen molar-refractivity contribution < 1.29 is 18.8 Å².